The lowest BCUT2D eigenvalue weighted by atomic mass is 10.1. The first-order chi connectivity index (χ1) is 6.90. The maximum Gasteiger partial charge on any atom is 0.0705 e. The Kier molecular flexibility index (Phi) is 4.76. The molecule has 1 aromatic heterocycles. The predicted molar refractivity (Wildman–Crippen MR) is 70.7 cm³/mol. The normalized spacial score (nSPS) is 9.93. The third-order valence-corrected chi connectivity index (χ3v) is 2.44. The lowest BCUT2D eigenvalue weighted by Crippen LogP contribution is -1.89. The van der Waals surface area contributed by atoms with Crippen molar-refractivity contribution >= 4 is 27.9 Å². The molecule has 0 aliphatic rings. The summed E-state index contributed by atoms with van der Waals surface area (Å²) in [7, 11) is 0. The second kappa shape index (κ2) is 5.86. The smallest absolute Gasteiger partial charge is 0.0705 e. The number of aromatic nitrogens is 1. The van der Waals surface area contributed by atoms with Gasteiger partial charge in [0.1, 0.15) is 0 Å². The molecule has 1 nitrogen and oxygen atoms in total. The number of aryl methyl sites for hydroxylation is 1. The molecule has 0 amide bonds. The number of fused-ring (bicyclic) bond motifs is 1. The number of pyridine rings is 1. The van der Waals surface area contributed by atoms with Crippen molar-refractivity contribution in [2.24, 2.45) is 0 Å². The Morgan fingerprint density at radius 2 is 1.87 bits per heavy atom. The van der Waals surface area contributed by atoms with Crippen LogP contribution in [0.15, 0.2) is 36.4 Å². The van der Waals surface area contributed by atoms with Crippen molar-refractivity contribution in [2.75, 3.05) is 0 Å². The van der Waals surface area contributed by atoms with Gasteiger partial charge in [-0.1, -0.05) is 37.6 Å². The van der Waals surface area contributed by atoms with Gasteiger partial charge in [-0.05, 0) is 25.0 Å². The summed E-state index contributed by atoms with van der Waals surface area (Å²) in [5.41, 5.74) is 2.33. The number of rotatable bonds is 3. The third kappa shape index (κ3) is 3.03. The molecule has 0 saturated heterocycles. The molecule has 0 fully saturated rings. The molecule has 0 aliphatic heterocycles. The van der Waals surface area contributed by atoms with E-state index in [0.29, 0.717) is 0 Å². The van der Waals surface area contributed by atoms with Crippen molar-refractivity contribution in [3.63, 3.8) is 0 Å². The SMILES string of the molecule is Br.CCCCc1ccc2ccccc2n1. The summed E-state index contributed by atoms with van der Waals surface area (Å²) in [5.74, 6) is 0. The quantitative estimate of drug-likeness (QED) is 0.813. The summed E-state index contributed by atoms with van der Waals surface area (Å²) in [6.45, 7) is 2.21. The molecule has 0 atom stereocenters. The molecule has 2 rings (SSSR count). The van der Waals surface area contributed by atoms with Crippen molar-refractivity contribution in [3.05, 3.63) is 42.1 Å². The zero-order chi connectivity index (χ0) is 9.80. The Morgan fingerprint density at radius 3 is 2.67 bits per heavy atom. The Balaban J connectivity index is 0.00000112. The van der Waals surface area contributed by atoms with Crippen LogP contribution >= 0.6 is 17.0 Å². The van der Waals surface area contributed by atoms with E-state index in [4.69, 9.17) is 0 Å². The second-order valence-corrected chi connectivity index (χ2v) is 3.60. The van der Waals surface area contributed by atoms with Crippen LogP contribution in [0.5, 0.6) is 0 Å². The lowest BCUT2D eigenvalue weighted by molar-refractivity contribution is 0.780. The van der Waals surface area contributed by atoms with Crippen LogP contribution in [-0.2, 0) is 6.42 Å². The first-order valence-corrected chi connectivity index (χ1v) is 5.25. The maximum absolute atomic E-state index is 4.61. The van der Waals surface area contributed by atoms with E-state index in [1.54, 1.807) is 0 Å². The van der Waals surface area contributed by atoms with E-state index in [2.05, 4.69) is 42.2 Å². The minimum Gasteiger partial charge on any atom is -0.253 e. The number of benzene rings is 1. The molecule has 0 N–H and O–H groups in total. The number of halogens is 1. The van der Waals surface area contributed by atoms with Gasteiger partial charge in [-0.15, -0.1) is 17.0 Å². The average Bonchev–Trinajstić information content (AvgIpc) is 2.26. The van der Waals surface area contributed by atoms with Gasteiger partial charge in [0.15, 0.2) is 0 Å². The van der Waals surface area contributed by atoms with Gasteiger partial charge in [-0.3, -0.25) is 4.98 Å². The minimum atomic E-state index is 0. The van der Waals surface area contributed by atoms with E-state index in [0.717, 1.165) is 11.9 Å². The van der Waals surface area contributed by atoms with Gasteiger partial charge < -0.3 is 0 Å². The van der Waals surface area contributed by atoms with Crippen molar-refractivity contribution in [1.82, 2.24) is 4.98 Å². The molecule has 0 spiro atoms. The zero-order valence-corrected chi connectivity index (χ0v) is 10.7. The summed E-state index contributed by atoms with van der Waals surface area (Å²) < 4.78 is 0. The van der Waals surface area contributed by atoms with Gasteiger partial charge in [0.05, 0.1) is 5.52 Å². The lowest BCUT2D eigenvalue weighted by Gasteiger charge is -2.01. The molecule has 80 valence electrons. The van der Waals surface area contributed by atoms with Crippen LogP contribution in [0.4, 0.5) is 0 Å². The largest absolute Gasteiger partial charge is 0.253 e. The first-order valence-electron chi connectivity index (χ1n) is 5.25. The summed E-state index contributed by atoms with van der Waals surface area (Å²) >= 11 is 0. The van der Waals surface area contributed by atoms with Crippen LogP contribution in [0.3, 0.4) is 0 Å². The number of unbranched alkanes of at least 4 members (excludes halogenated alkanes) is 1. The molecule has 0 saturated carbocycles. The first kappa shape index (κ1) is 12.2. The van der Waals surface area contributed by atoms with Crippen molar-refractivity contribution in [2.45, 2.75) is 26.2 Å². The van der Waals surface area contributed by atoms with E-state index in [1.165, 1.54) is 23.9 Å². The monoisotopic (exact) mass is 265 g/mol. The van der Waals surface area contributed by atoms with Gasteiger partial charge in [0.2, 0.25) is 0 Å². The molecule has 0 unspecified atom stereocenters. The molecule has 15 heavy (non-hydrogen) atoms. The zero-order valence-electron chi connectivity index (χ0n) is 8.94. The summed E-state index contributed by atoms with van der Waals surface area (Å²) in [6.07, 6.45) is 3.56. The van der Waals surface area contributed by atoms with Gasteiger partial charge in [-0.2, -0.15) is 0 Å². The van der Waals surface area contributed by atoms with E-state index >= 15 is 0 Å². The van der Waals surface area contributed by atoms with E-state index in [-0.39, 0.29) is 17.0 Å². The van der Waals surface area contributed by atoms with Gasteiger partial charge in [0.25, 0.3) is 0 Å². The fourth-order valence-electron chi connectivity index (χ4n) is 1.61. The Hall–Kier alpha value is -0.890. The van der Waals surface area contributed by atoms with Crippen LogP contribution in [0.2, 0.25) is 0 Å². The van der Waals surface area contributed by atoms with E-state index in [1.807, 2.05) is 6.07 Å². The van der Waals surface area contributed by atoms with Crippen molar-refractivity contribution in [1.29, 1.82) is 0 Å². The van der Waals surface area contributed by atoms with Gasteiger partial charge in [-0.25, -0.2) is 0 Å². The number of hydrogen-bond acceptors (Lipinski definition) is 1. The molecular weight excluding hydrogens is 250 g/mol. The third-order valence-electron chi connectivity index (χ3n) is 2.44. The highest BCUT2D eigenvalue weighted by molar-refractivity contribution is 8.93. The van der Waals surface area contributed by atoms with Gasteiger partial charge in [0, 0.05) is 11.1 Å². The highest BCUT2D eigenvalue weighted by atomic mass is 79.9. The highest BCUT2D eigenvalue weighted by Crippen LogP contribution is 2.12. The van der Waals surface area contributed by atoms with Crippen LogP contribution < -0.4 is 0 Å². The van der Waals surface area contributed by atoms with Gasteiger partial charge >= 0.3 is 0 Å². The molecule has 1 aromatic carbocycles. The topological polar surface area (TPSA) is 12.9 Å². The highest BCUT2D eigenvalue weighted by Gasteiger charge is 1.96. The number of nitrogens with zero attached hydrogens (tertiary/aromatic N) is 1. The molecule has 2 heteroatoms. The Bertz CT molecular complexity index is 426. The second-order valence-electron chi connectivity index (χ2n) is 3.60. The summed E-state index contributed by atoms with van der Waals surface area (Å²) in [6, 6.07) is 12.6. The molecular formula is C13H16BrN. The molecule has 2 aromatic rings. The van der Waals surface area contributed by atoms with Crippen LogP contribution in [0.25, 0.3) is 10.9 Å². The predicted octanol–water partition coefficient (Wildman–Crippen LogP) is 4.16. The molecule has 0 radical (unpaired) electrons. The summed E-state index contributed by atoms with van der Waals surface area (Å²) in [4.78, 5) is 4.61. The fraction of sp³-hybridized carbons (Fsp3) is 0.308. The van der Waals surface area contributed by atoms with Crippen LogP contribution in [0.1, 0.15) is 25.5 Å². The average molecular weight is 266 g/mol. The maximum atomic E-state index is 4.61. The van der Waals surface area contributed by atoms with Crippen LogP contribution in [-0.4, -0.2) is 4.98 Å². The number of para-hydroxylation sites is 1. The Labute approximate surface area is 101 Å². The Morgan fingerprint density at radius 1 is 1.07 bits per heavy atom. The molecule has 0 aliphatic carbocycles. The minimum absolute atomic E-state index is 0. The molecule has 1 heterocycles. The fourth-order valence-corrected chi connectivity index (χ4v) is 1.61. The van der Waals surface area contributed by atoms with Crippen molar-refractivity contribution in [3.8, 4) is 0 Å². The summed E-state index contributed by atoms with van der Waals surface area (Å²) in [5, 5.41) is 1.23. The van der Waals surface area contributed by atoms with E-state index < -0.39 is 0 Å². The van der Waals surface area contributed by atoms with E-state index in [9.17, 15) is 0 Å². The molecule has 0 bridgehead atoms. The standard InChI is InChI=1S/C13H15N.BrH/c1-2-3-7-12-10-9-11-6-4-5-8-13(11)14-12;/h4-6,8-10H,2-3,7H2,1H3;1H. The van der Waals surface area contributed by atoms with Crippen molar-refractivity contribution < 1.29 is 0 Å². The number of hydrogen-bond donors (Lipinski definition) is 0. The van der Waals surface area contributed by atoms with Crippen LogP contribution in [0, 0.1) is 0 Å².